The number of ether oxygens (including phenoxy) is 1. The van der Waals surface area contributed by atoms with Gasteiger partial charge in [0.2, 0.25) is 5.95 Å². The van der Waals surface area contributed by atoms with E-state index in [-0.39, 0.29) is 12.5 Å². The number of morpholine rings is 1. The van der Waals surface area contributed by atoms with Gasteiger partial charge in [0.1, 0.15) is 5.82 Å². The van der Waals surface area contributed by atoms with Crippen LogP contribution in [0.2, 0.25) is 5.02 Å². The molecule has 2 aromatic heterocycles. The van der Waals surface area contributed by atoms with Crippen molar-refractivity contribution in [3.63, 3.8) is 0 Å². The first-order valence-electron chi connectivity index (χ1n) is 12.4. The molecule has 0 saturated carbocycles. The Morgan fingerprint density at radius 1 is 1.16 bits per heavy atom. The number of aliphatic hydroxyl groups is 1. The number of benzene rings is 2. The summed E-state index contributed by atoms with van der Waals surface area (Å²) in [5.74, 6) is 0.791. The Morgan fingerprint density at radius 2 is 1.95 bits per heavy atom. The third kappa shape index (κ3) is 5.96. The SMILES string of the molecule is Cc1cnc(Nc2ccc(N3CCOCC3)cc2)nc1-n1ccc(C(=O)NC(CO)c2cccc(Cl)c2)c1. The number of hydrogen-bond donors (Lipinski definition) is 3. The number of carbonyl (C=O) groups excluding carboxylic acids is 1. The quantitative estimate of drug-likeness (QED) is 0.311. The molecule has 0 spiro atoms. The highest BCUT2D eigenvalue weighted by Crippen LogP contribution is 2.23. The average molecular weight is 533 g/mol. The number of halogens is 1. The lowest BCUT2D eigenvalue weighted by Crippen LogP contribution is -2.36. The normalized spacial score (nSPS) is 14.2. The summed E-state index contributed by atoms with van der Waals surface area (Å²) in [7, 11) is 0. The lowest BCUT2D eigenvalue weighted by Gasteiger charge is -2.28. The summed E-state index contributed by atoms with van der Waals surface area (Å²) in [4.78, 5) is 24.3. The van der Waals surface area contributed by atoms with E-state index in [2.05, 4.69) is 37.6 Å². The molecule has 10 heteroatoms. The molecule has 1 amide bonds. The standard InChI is InChI=1S/C28H29ClN6O3/c1-19-16-30-28(31-23-5-7-24(8-6-23)34-11-13-38-14-12-34)33-26(19)35-10-9-21(17-35)27(37)32-25(18-36)20-3-2-4-22(29)15-20/h2-10,15-17,25,36H,11-14,18H2,1H3,(H,32,37)(H,30,31,33). The molecule has 1 unspecified atom stereocenters. The number of carbonyl (C=O) groups is 1. The number of nitrogens with zero attached hydrogens (tertiary/aromatic N) is 4. The first kappa shape index (κ1) is 25.7. The van der Waals surface area contributed by atoms with Gasteiger partial charge in [0.25, 0.3) is 5.91 Å². The molecule has 1 aliphatic heterocycles. The van der Waals surface area contributed by atoms with Crippen LogP contribution in [0.1, 0.15) is 27.5 Å². The summed E-state index contributed by atoms with van der Waals surface area (Å²) in [6.07, 6.45) is 5.23. The molecule has 1 aliphatic rings. The van der Waals surface area contributed by atoms with E-state index in [1.807, 2.05) is 25.1 Å². The van der Waals surface area contributed by atoms with Crippen LogP contribution < -0.4 is 15.5 Å². The summed E-state index contributed by atoms with van der Waals surface area (Å²) >= 11 is 6.07. The summed E-state index contributed by atoms with van der Waals surface area (Å²) in [5.41, 5.74) is 4.06. The number of nitrogens with one attached hydrogen (secondary N) is 2. The second kappa shape index (κ2) is 11.6. The first-order valence-corrected chi connectivity index (χ1v) is 12.8. The Labute approximate surface area is 226 Å². The van der Waals surface area contributed by atoms with Gasteiger partial charge in [0.15, 0.2) is 0 Å². The summed E-state index contributed by atoms with van der Waals surface area (Å²) in [6.45, 7) is 4.92. The summed E-state index contributed by atoms with van der Waals surface area (Å²) < 4.78 is 7.21. The fraction of sp³-hybridized carbons (Fsp3) is 0.250. The van der Waals surface area contributed by atoms with Crippen molar-refractivity contribution in [2.45, 2.75) is 13.0 Å². The number of aryl methyl sites for hydroxylation is 1. The van der Waals surface area contributed by atoms with E-state index in [9.17, 15) is 9.90 Å². The van der Waals surface area contributed by atoms with E-state index < -0.39 is 6.04 Å². The minimum Gasteiger partial charge on any atom is -0.394 e. The fourth-order valence-corrected chi connectivity index (χ4v) is 4.52. The minimum atomic E-state index is -0.573. The van der Waals surface area contributed by atoms with Crippen LogP contribution in [-0.2, 0) is 4.74 Å². The molecule has 4 aromatic rings. The largest absolute Gasteiger partial charge is 0.394 e. The van der Waals surface area contributed by atoms with Gasteiger partial charge in [-0.05, 0) is 55.0 Å². The number of aliphatic hydroxyl groups excluding tert-OH is 1. The van der Waals surface area contributed by atoms with Gasteiger partial charge < -0.3 is 29.9 Å². The zero-order valence-corrected chi connectivity index (χ0v) is 21.7. The highest BCUT2D eigenvalue weighted by Gasteiger charge is 2.17. The Morgan fingerprint density at radius 3 is 2.68 bits per heavy atom. The van der Waals surface area contributed by atoms with Crippen molar-refractivity contribution in [2.75, 3.05) is 43.1 Å². The molecule has 1 fully saturated rings. The van der Waals surface area contributed by atoms with Crippen LogP contribution in [-0.4, -0.2) is 58.5 Å². The van der Waals surface area contributed by atoms with Crippen LogP contribution in [0.25, 0.3) is 5.82 Å². The topological polar surface area (TPSA) is 105 Å². The van der Waals surface area contributed by atoms with E-state index in [1.165, 1.54) is 0 Å². The third-order valence-corrected chi connectivity index (χ3v) is 6.62. The molecule has 1 saturated heterocycles. The minimum absolute atomic E-state index is 0.250. The van der Waals surface area contributed by atoms with Crippen molar-refractivity contribution in [1.82, 2.24) is 19.9 Å². The molecule has 0 bridgehead atoms. The van der Waals surface area contributed by atoms with Gasteiger partial charge in [0.05, 0.1) is 31.4 Å². The molecule has 0 aliphatic carbocycles. The number of amides is 1. The van der Waals surface area contributed by atoms with E-state index in [0.29, 0.717) is 22.4 Å². The van der Waals surface area contributed by atoms with Crippen LogP contribution in [0, 0.1) is 6.92 Å². The summed E-state index contributed by atoms with van der Waals surface area (Å²) in [6, 6.07) is 16.4. The van der Waals surface area contributed by atoms with Crippen LogP contribution >= 0.6 is 11.6 Å². The van der Waals surface area contributed by atoms with Crippen LogP contribution in [0.15, 0.2) is 73.2 Å². The first-order chi connectivity index (χ1) is 18.5. The monoisotopic (exact) mass is 532 g/mol. The molecular weight excluding hydrogens is 504 g/mol. The van der Waals surface area contributed by atoms with E-state index in [1.54, 1.807) is 47.4 Å². The highest BCUT2D eigenvalue weighted by molar-refractivity contribution is 6.30. The van der Waals surface area contributed by atoms with E-state index in [4.69, 9.17) is 16.3 Å². The molecule has 9 nitrogen and oxygen atoms in total. The molecule has 196 valence electrons. The van der Waals surface area contributed by atoms with Gasteiger partial charge >= 0.3 is 0 Å². The molecule has 3 heterocycles. The Kier molecular flexibility index (Phi) is 7.88. The number of anilines is 3. The predicted molar refractivity (Wildman–Crippen MR) is 148 cm³/mol. The lowest BCUT2D eigenvalue weighted by molar-refractivity contribution is 0.0916. The third-order valence-electron chi connectivity index (χ3n) is 6.38. The molecule has 38 heavy (non-hydrogen) atoms. The van der Waals surface area contributed by atoms with Crippen molar-refractivity contribution in [2.24, 2.45) is 0 Å². The maximum absolute atomic E-state index is 12.9. The zero-order chi connectivity index (χ0) is 26.5. The van der Waals surface area contributed by atoms with Crippen LogP contribution in [0.5, 0.6) is 0 Å². The zero-order valence-electron chi connectivity index (χ0n) is 21.0. The fourth-order valence-electron chi connectivity index (χ4n) is 4.32. The highest BCUT2D eigenvalue weighted by atomic mass is 35.5. The molecule has 1 atom stereocenters. The molecule has 5 rings (SSSR count). The molecule has 0 radical (unpaired) electrons. The molecular formula is C28H29ClN6O3. The van der Waals surface area contributed by atoms with Crippen molar-refractivity contribution in [3.05, 3.63) is 94.9 Å². The van der Waals surface area contributed by atoms with Crippen molar-refractivity contribution < 1.29 is 14.6 Å². The predicted octanol–water partition coefficient (Wildman–Crippen LogP) is 4.27. The Balaban J connectivity index is 1.28. The van der Waals surface area contributed by atoms with Crippen LogP contribution in [0.3, 0.4) is 0 Å². The number of aromatic nitrogens is 3. The molecule has 3 N–H and O–H groups in total. The second-order valence-electron chi connectivity index (χ2n) is 9.04. The van der Waals surface area contributed by atoms with Gasteiger partial charge in [-0.1, -0.05) is 23.7 Å². The average Bonchev–Trinajstić information content (AvgIpc) is 3.44. The smallest absolute Gasteiger partial charge is 0.253 e. The second-order valence-corrected chi connectivity index (χ2v) is 9.48. The number of hydrogen-bond acceptors (Lipinski definition) is 7. The van der Waals surface area contributed by atoms with E-state index >= 15 is 0 Å². The molecule has 2 aromatic carbocycles. The number of rotatable bonds is 8. The Hall–Kier alpha value is -3.92. The van der Waals surface area contributed by atoms with Crippen LogP contribution in [0.4, 0.5) is 17.3 Å². The lowest BCUT2D eigenvalue weighted by atomic mass is 10.1. The van der Waals surface area contributed by atoms with Gasteiger partial charge in [-0.2, -0.15) is 4.98 Å². The Bertz CT molecular complexity index is 1400. The van der Waals surface area contributed by atoms with Gasteiger partial charge in [-0.3, -0.25) is 4.79 Å². The van der Waals surface area contributed by atoms with E-state index in [0.717, 1.165) is 48.8 Å². The summed E-state index contributed by atoms with van der Waals surface area (Å²) in [5, 5.41) is 16.5. The van der Waals surface area contributed by atoms with Crippen molar-refractivity contribution in [3.8, 4) is 5.82 Å². The van der Waals surface area contributed by atoms with Gasteiger partial charge in [-0.25, -0.2) is 4.98 Å². The maximum Gasteiger partial charge on any atom is 0.253 e. The van der Waals surface area contributed by atoms with Gasteiger partial charge in [-0.15, -0.1) is 0 Å². The van der Waals surface area contributed by atoms with Gasteiger partial charge in [0, 0.05) is 53.6 Å². The van der Waals surface area contributed by atoms with Crippen molar-refractivity contribution in [1.29, 1.82) is 0 Å². The maximum atomic E-state index is 12.9. The van der Waals surface area contributed by atoms with Crippen molar-refractivity contribution >= 4 is 34.8 Å².